The molecular weight excluding hydrogens is 388 g/mol. The summed E-state index contributed by atoms with van der Waals surface area (Å²) in [6.07, 6.45) is 1.10. The summed E-state index contributed by atoms with van der Waals surface area (Å²) in [6, 6.07) is 4.26. The van der Waals surface area contributed by atoms with Crippen molar-refractivity contribution in [3.8, 4) is 5.75 Å². The third-order valence-corrected chi connectivity index (χ3v) is 4.27. The first-order valence-electron chi connectivity index (χ1n) is 7.34. The summed E-state index contributed by atoms with van der Waals surface area (Å²) in [5.41, 5.74) is 0.222. The Hall–Kier alpha value is -1.73. The Bertz CT molecular complexity index is 798. The van der Waals surface area contributed by atoms with Crippen LogP contribution in [0, 0.1) is 0 Å². The van der Waals surface area contributed by atoms with Gasteiger partial charge in [-0.2, -0.15) is 8.42 Å². The largest absolute Gasteiger partial charge is 0.496 e. The summed E-state index contributed by atoms with van der Waals surface area (Å²) in [7, 11) is -4.64. The van der Waals surface area contributed by atoms with Crippen LogP contribution in [-0.2, 0) is 20.2 Å². The normalized spacial score (nSPS) is 11.5. The molecule has 0 aliphatic heterocycles. The first-order chi connectivity index (χ1) is 11.8. The number of ether oxygens (including phenoxy) is 1. The molecule has 3 N–H and O–H groups in total. The lowest BCUT2D eigenvalue weighted by molar-refractivity contribution is 0.0947. The maximum Gasteiger partial charge on any atom is 0.394 e. The highest BCUT2D eigenvalue weighted by Gasteiger charge is 2.16. The van der Waals surface area contributed by atoms with Gasteiger partial charge in [0.1, 0.15) is 5.75 Å². The Balaban J connectivity index is 0.00000110. The number of hydrogen-bond acceptors (Lipinski definition) is 7. The van der Waals surface area contributed by atoms with Crippen molar-refractivity contribution in [1.29, 1.82) is 0 Å². The second kappa shape index (κ2) is 10.4. The number of hydrogen-bond donors (Lipinski definition) is 3. The predicted molar refractivity (Wildman–Crippen MR) is 95.8 cm³/mol. The average molecular weight is 412 g/mol. The van der Waals surface area contributed by atoms with Crippen LogP contribution >= 0.6 is 0 Å². The fourth-order valence-corrected chi connectivity index (χ4v) is 2.36. The van der Waals surface area contributed by atoms with Crippen LogP contribution in [0.25, 0.3) is 0 Å². The Kier molecular flexibility index (Phi) is 9.73. The molecule has 26 heavy (non-hydrogen) atoms. The summed E-state index contributed by atoms with van der Waals surface area (Å²) in [4.78, 5) is 14.3. The molecule has 0 saturated carbocycles. The number of nitrogens with one attached hydrogen (secondary N) is 1. The van der Waals surface area contributed by atoms with Crippen molar-refractivity contribution in [3.05, 3.63) is 23.8 Å². The summed E-state index contributed by atoms with van der Waals surface area (Å²) in [5, 5.41) is 2.76. The van der Waals surface area contributed by atoms with Gasteiger partial charge in [-0.25, -0.2) is 8.42 Å². The van der Waals surface area contributed by atoms with E-state index in [4.69, 9.17) is 22.3 Å². The Morgan fingerprint density at radius 3 is 2.19 bits per heavy atom. The topological polar surface area (TPSA) is 150 Å². The number of carbonyl (C=O) groups is 1. The maximum atomic E-state index is 12.2. The lowest BCUT2D eigenvalue weighted by Crippen LogP contribution is -2.33. The molecule has 150 valence electrons. The summed E-state index contributed by atoms with van der Waals surface area (Å²) >= 11 is 0. The highest BCUT2D eigenvalue weighted by Crippen LogP contribution is 2.22. The van der Waals surface area contributed by atoms with Gasteiger partial charge in [0.15, 0.2) is 9.84 Å². The fraction of sp³-hybridized carbons (Fsp3) is 0.500. The fourth-order valence-electron chi connectivity index (χ4n) is 1.71. The van der Waals surface area contributed by atoms with Crippen molar-refractivity contribution in [2.75, 3.05) is 40.0 Å². The van der Waals surface area contributed by atoms with Gasteiger partial charge in [0.2, 0.25) is 0 Å². The van der Waals surface area contributed by atoms with Crippen LogP contribution in [0.3, 0.4) is 0 Å². The number of rotatable bonds is 7. The van der Waals surface area contributed by atoms with Crippen LogP contribution < -0.4 is 10.1 Å². The van der Waals surface area contributed by atoms with Gasteiger partial charge in [-0.3, -0.25) is 13.9 Å². The molecule has 0 unspecified atom stereocenters. The molecule has 0 aliphatic rings. The number of amides is 1. The molecule has 0 spiro atoms. The molecule has 1 aromatic carbocycles. The molecule has 10 nitrogen and oxygen atoms in total. The molecule has 1 rings (SSSR count). The quantitative estimate of drug-likeness (QED) is 0.531. The zero-order valence-corrected chi connectivity index (χ0v) is 16.6. The van der Waals surface area contributed by atoms with E-state index in [1.54, 1.807) is 0 Å². The average Bonchev–Trinajstić information content (AvgIpc) is 2.51. The number of sulfone groups is 1. The summed E-state index contributed by atoms with van der Waals surface area (Å²) < 4.78 is 59.8. The first-order valence-corrected chi connectivity index (χ1v) is 10.6. The molecule has 12 heteroatoms. The van der Waals surface area contributed by atoms with Crippen molar-refractivity contribution < 1.29 is 35.5 Å². The van der Waals surface area contributed by atoms with Crippen molar-refractivity contribution in [2.24, 2.45) is 0 Å². The van der Waals surface area contributed by atoms with Gasteiger partial charge in [-0.1, -0.05) is 6.92 Å². The van der Waals surface area contributed by atoms with Crippen LogP contribution in [0.2, 0.25) is 0 Å². The molecule has 0 aromatic heterocycles. The lowest BCUT2D eigenvalue weighted by atomic mass is 10.2. The third kappa shape index (κ3) is 10.3. The van der Waals surface area contributed by atoms with Crippen molar-refractivity contribution in [3.63, 3.8) is 0 Å². The van der Waals surface area contributed by atoms with Gasteiger partial charge in [0.05, 0.1) is 17.6 Å². The highest BCUT2D eigenvalue weighted by molar-refractivity contribution is 7.90. The Morgan fingerprint density at radius 2 is 1.77 bits per heavy atom. The zero-order valence-electron chi connectivity index (χ0n) is 15.0. The minimum Gasteiger partial charge on any atom is -0.496 e. The Morgan fingerprint density at radius 1 is 1.23 bits per heavy atom. The van der Waals surface area contributed by atoms with Gasteiger partial charge in [0, 0.05) is 19.3 Å². The second-order valence-electron chi connectivity index (χ2n) is 5.23. The summed E-state index contributed by atoms with van der Waals surface area (Å²) in [5.74, 6) is 0.00518. The molecule has 0 fully saturated rings. The van der Waals surface area contributed by atoms with Crippen LogP contribution in [0.5, 0.6) is 5.75 Å². The van der Waals surface area contributed by atoms with E-state index in [1.807, 2.05) is 14.0 Å². The van der Waals surface area contributed by atoms with Crippen molar-refractivity contribution in [1.82, 2.24) is 10.2 Å². The smallest absolute Gasteiger partial charge is 0.394 e. The van der Waals surface area contributed by atoms with E-state index in [2.05, 4.69) is 10.2 Å². The SMILES string of the molecule is CCN(C)CCNC(=O)c1cc(S(C)(=O)=O)ccc1OC.O=S(=O)(O)O. The van der Waals surface area contributed by atoms with E-state index in [-0.39, 0.29) is 16.4 Å². The number of methoxy groups -OCH3 is 1. The van der Waals surface area contributed by atoms with Gasteiger partial charge < -0.3 is 15.0 Å². The van der Waals surface area contributed by atoms with Gasteiger partial charge in [-0.05, 0) is 31.8 Å². The van der Waals surface area contributed by atoms with Crippen LogP contribution in [0.1, 0.15) is 17.3 Å². The zero-order chi connectivity index (χ0) is 20.5. The van der Waals surface area contributed by atoms with Crippen molar-refractivity contribution in [2.45, 2.75) is 11.8 Å². The predicted octanol–water partition coefficient (Wildman–Crippen LogP) is 0.127. The highest BCUT2D eigenvalue weighted by atomic mass is 32.3. The van der Waals surface area contributed by atoms with E-state index in [9.17, 15) is 13.2 Å². The third-order valence-electron chi connectivity index (χ3n) is 3.16. The van der Waals surface area contributed by atoms with Crippen LogP contribution in [-0.4, -0.2) is 76.8 Å². The molecule has 0 saturated heterocycles. The molecule has 0 bridgehead atoms. The van der Waals surface area contributed by atoms with E-state index in [1.165, 1.54) is 25.3 Å². The van der Waals surface area contributed by atoms with E-state index in [0.29, 0.717) is 12.3 Å². The summed E-state index contributed by atoms with van der Waals surface area (Å²) in [6.45, 7) is 4.12. The standard InChI is InChI=1S/C14H22N2O4S.H2O4S/c1-5-16(2)9-8-15-14(17)12-10-11(21(4,18)19)6-7-13(12)20-3;1-5(2,3)4/h6-7,10H,5,8-9H2,1-4H3,(H,15,17);(H2,1,2,3,4). The van der Waals surface area contributed by atoms with Crippen LogP contribution in [0.4, 0.5) is 0 Å². The first kappa shape index (κ1) is 24.3. The molecular formula is C14H24N2O8S2. The molecule has 1 aromatic rings. The monoisotopic (exact) mass is 412 g/mol. The van der Waals surface area contributed by atoms with E-state index >= 15 is 0 Å². The maximum absolute atomic E-state index is 12.2. The van der Waals surface area contributed by atoms with Crippen molar-refractivity contribution >= 4 is 26.1 Å². The molecule has 1 amide bonds. The van der Waals surface area contributed by atoms with E-state index < -0.39 is 20.2 Å². The molecule has 0 heterocycles. The van der Waals surface area contributed by atoms with Gasteiger partial charge in [-0.15, -0.1) is 0 Å². The second-order valence-corrected chi connectivity index (χ2v) is 8.15. The minimum atomic E-state index is -4.67. The minimum absolute atomic E-state index is 0.0964. The van der Waals surface area contributed by atoms with Crippen LogP contribution in [0.15, 0.2) is 23.1 Å². The molecule has 0 aliphatic carbocycles. The number of nitrogens with zero attached hydrogens (tertiary/aromatic N) is 1. The lowest BCUT2D eigenvalue weighted by Gasteiger charge is -2.15. The van der Waals surface area contributed by atoms with Gasteiger partial charge >= 0.3 is 10.4 Å². The molecule has 0 atom stereocenters. The number of carbonyl (C=O) groups excluding carboxylic acids is 1. The van der Waals surface area contributed by atoms with E-state index in [0.717, 1.165) is 19.3 Å². The number of likely N-dealkylation sites (N-methyl/N-ethyl adjacent to an activating group) is 1. The Labute approximate surface area is 153 Å². The number of benzene rings is 1. The van der Waals surface area contributed by atoms with Gasteiger partial charge in [0.25, 0.3) is 5.91 Å². The molecule has 0 radical (unpaired) electrons.